The smallest absolute Gasteiger partial charge is 0.331 e. The Hall–Kier alpha value is -3.17. The molecule has 0 spiro atoms. The first-order valence-corrected chi connectivity index (χ1v) is 12.0. The fourth-order valence-electron chi connectivity index (χ4n) is 3.64. The van der Waals surface area contributed by atoms with E-state index >= 15 is 0 Å². The van der Waals surface area contributed by atoms with Gasteiger partial charge in [0.1, 0.15) is 5.75 Å². The molecule has 1 saturated heterocycles. The van der Waals surface area contributed by atoms with Gasteiger partial charge in [-0.25, -0.2) is 13.2 Å². The largest absolute Gasteiger partial charge is 0.496 e. The molecule has 0 radical (unpaired) electrons. The van der Waals surface area contributed by atoms with Crippen molar-refractivity contribution in [1.29, 1.82) is 0 Å². The molecule has 8 nitrogen and oxygen atoms in total. The van der Waals surface area contributed by atoms with E-state index in [1.807, 2.05) is 25.1 Å². The number of hydrogen-bond donors (Lipinski definition) is 0. The van der Waals surface area contributed by atoms with E-state index in [4.69, 9.17) is 9.47 Å². The van der Waals surface area contributed by atoms with Crippen molar-refractivity contribution in [3.8, 4) is 5.75 Å². The van der Waals surface area contributed by atoms with Crippen LogP contribution in [0, 0.1) is 13.8 Å². The Kier molecular flexibility index (Phi) is 7.88. The summed E-state index contributed by atoms with van der Waals surface area (Å²) in [7, 11) is -2.09. The summed E-state index contributed by atoms with van der Waals surface area (Å²) in [6.45, 7) is 4.12. The van der Waals surface area contributed by atoms with Gasteiger partial charge in [0.25, 0.3) is 5.91 Å². The molecule has 3 rings (SSSR count). The quantitative estimate of drug-likeness (QED) is 0.454. The van der Waals surface area contributed by atoms with E-state index in [1.54, 1.807) is 37.3 Å². The maximum Gasteiger partial charge on any atom is 0.331 e. The van der Waals surface area contributed by atoms with Crippen molar-refractivity contribution in [2.45, 2.75) is 18.7 Å². The minimum Gasteiger partial charge on any atom is -0.496 e. The standard InChI is InChI=1S/C24H28N2O6S/c1-18-8-10-22(19(2)16-18)33(29,30)26-14-12-25(13-15-26)23(27)17-32-24(28)11-9-20-6-4-5-7-21(20)31-3/h4-11,16H,12-15,17H2,1-3H3/b11-9+. The summed E-state index contributed by atoms with van der Waals surface area (Å²) in [5, 5.41) is 0. The third-order valence-corrected chi connectivity index (χ3v) is 7.47. The molecular weight excluding hydrogens is 444 g/mol. The van der Waals surface area contributed by atoms with Gasteiger partial charge in [0.2, 0.25) is 10.0 Å². The highest BCUT2D eigenvalue weighted by Crippen LogP contribution is 2.22. The van der Waals surface area contributed by atoms with Crippen molar-refractivity contribution in [3.63, 3.8) is 0 Å². The van der Waals surface area contributed by atoms with Gasteiger partial charge in [0, 0.05) is 37.8 Å². The molecule has 0 aromatic heterocycles. The number of amides is 1. The number of carbonyl (C=O) groups excluding carboxylic acids is 2. The number of carbonyl (C=O) groups is 2. The zero-order valence-electron chi connectivity index (χ0n) is 19.0. The van der Waals surface area contributed by atoms with Gasteiger partial charge in [-0.15, -0.1) is 0 Å². The van der Waals surface area contributed by atoms with Gasteiger partial charge >= 0.3 is 5.97 Å². The number of para-hydroxylation sites is 1. The second-order valence-corrected chi connectivity index (χ2v) is 9.64. The molecule has 33 heavy (non-hydrogen) atoms. The molecule has 0 saturated carbocycles. The lowest BCUT2D eigenvalue weighted by atomic mass is 10.2. The third-order valence-electron chi connectivity index (χ3n) is 5.42. The van der Waals surface area contributed by atoms with Crippen molar-refractivity contribution in [3.05, 3.63) is 65.2 Å². The van der Waals surface area contributed by atoms with E-state index in [0.29, 0.717) is 16.9 Å². The third kappa shape index (κ3) is 6.00. The van der Waals surface area contributed by atoms with E-state index in [9.17, 15) is 18.0 Å². The molecule has 1 heterocycles. The van der Waals surface area contributed by atoms with Gasteiger partial charge in [0.15, 0.2) is 6.61 Å². The molecular formula is C24H28N2O6S. The van der Waals surface area contributed by atoms with Crippen LogP contribution in [0.25, 0.3) is 6.08 Å². The van der Waals surface area contributed by atoms with E-state index < -0.39 is 22.6 Å². The summed E-state index contributed by atoms with van der Waals surface area (Å²) in [5.41, 5.74) is 2.40. The fraction of sp³-hybridized carbons (Fsp3) is 0.333. The summed E-state index contributed by atoms with van der Waals surface area (Å²) < 4.78 is 37.6. The minimum atomic E-state index is -3.63. The number of methoxy groups -OCH3 is 1. The van der Waals surface area contributed by atoms with Crippen LogP contribution in [-0.4, -0.2) is 69.4 Å². The average Bonchev–Trinajstić information content (AvgIpc) is 2.81. The first-order valence-electron chi connectivity index (χ1n) is 10.6. The van der Waals surface area contributed by atoms with Crippen LogP contribution >= 0.6 is 0 Å². The molecule has 1 aliphatic heterocycles. The molecule has 2 aromatic carbocycles. The van der Waals surface area contributed by atoms with Crippen molar-refractivity contribution < 1.29 is 27.5 Å². The van der Waals surface area contributed by atoms with Gasteiger partial charge in [-0.1, -0.05) is 35.9 Å². The molecule has 2 aromatic rings. The van der Waals surface area contributed by atoms with Gasteiger partial charge in [-0.3, -0.25) is 4.79 Å². The monoisotopic (exact) mass is 472 g/mol. The van der Waals surface area contributed by atoms with Crippen molar-refractivity contribution >= 4 is 28.0 Å². The average molecular weight is 473 g/mol. The Balaban J connectivity index is 1.51. The molecule has 1 aliphatic rings. The highest BCUT2D eigenvalue weighted by molar-refractivity contribution is 7.89. The minimum absolute atomic E-state index is 0.184. The van der Waals surface area contributed by atoms with E-state index in [-0.39, 0.29) is 37.0 Å². The Bertz CT molecular complexity index is 1150. The number of piperazine rings is 1. The van der Waals surface area contributed by atoms with Crippen LogP contribution in [0.5, 0.6) is 5.75 Å². The lowest BCUT2D eigenvalue weighted by Gasteiger charge is -2.34. The van der Waals surface area contributed by atoms with Crippen LogP contribution in [0.4, 0.5) is 0 Å². The van der Waals surface area contributed by atoms with Crippen molar-refractivity contribution in [2.24, 2.45) is 0 Å². The van der Waals surface area contributed by atoms with Crippen molar-refractivity contribution in [2.75, 3.05) is 39.9 Å². The number of sulfonamides is 1. The number of hydrogen-bond acceptors (Lipinski definition) is 6. The van der Waals surface area contributed by atoms with E-state index in [1.165, 1.54) is 22.4 Å². The number of aryl methyl sites for hydroxylation is 2. The van der Waals surface area contributed by atoms with Gasteiger partial charge in [-0.05, 0) is 37.6 Å². The summed E-state index contributed by atoms with van der Waals surface area (Å²) in [6.07, 6.45) is 2.79. The SMILES string of the molecule is COc1ccccc1/C=C/C(=O)OCC(=O)N1CCN(S(=O)(=O)c2ccc(C)cc2C)CC1. The highest BCUT2D eigenvalue weighted by atomic mass is 32.2. The molecule has 0 unspecified atom stereocenters. The molecule has 0 aliphatic carbocycles. The van der Waals surface area contributed by atoms with E-state index in [0.717, 1.165) is 5.56 Å². The van der Waals surface area contributed by atoms with E-state index in [2.05, 4.69) is 0 Å². The highest BCUT2D eigenvalue weighted by Gasteiger charge is 2.31. The lowest BCUT2D eigenvalue weighted by molar-refractivity contribution is -0.148. The fourth-order valence-corrected chi connectivity index (χ4v) is 5.27. The zero-order chi connectivity index (χ0) is 24.0. The number of ether oxygens (including phenoxy) is 2. The Morgan fingerprint density at radius 2 is 1.73 bits per heavy atom. The molecule has 176 valence electrons. The maximum atomic E-state index is 13.0. The van der Waals surface area contributed by atoms with Gasteiger partial charge < -0.3 is 14.4 Å². The lowest BCUT2D eigenvalue weighted by Crippen LogP contribution is -2.51. The summed E-state index contributed by atoms with van der Waals surface area (Å²) in [6, 6.07) is 12.4. The van der Waals surface area contributed by atoms with Gasteiger partial charge in [0.05, 0.1) is 12.0 Å². The summed E-state index contributed by atoms with van der Waals surface area (Å²) in [5.74, 6) is -0.394. The molecule has 9 heteroatoms. The number of rotatable bonds is 7. The molecule has 0 N–H and O–H groups in total. The Labute approximate surface area is 194 Å². The summed E-state index contributed by atoms with van der Waals surface area (Å²) >= 11 is 0. The topological polar surface area (TPSA) is 93.2 Å². The van der Waals surface area contributed by atoms with Crippen molar-refractivity contribution in [1.82, 2.24) is 9.21 Å². The molecule has 1 amide bonds. The van der Waals surface area contributed by atoms with Crippen LogP contribution in [0.1, 0.15) is 16.7 Å². The van der Waals surface area contributed by atoms with Crippen LogP contribution in [0.2, 0.25) is 0 Å². The first kappa shape index (κ1) is 24.5. The zero-order valence-corrected chi connectivity index (χ0v) is 19.8. The van der Waals surface area contributed by atoms with Gasteiger partial charge in [-0.2, -0.15) is 4.31 Å². The number of nitrogens with zero attached hydrogens (tertiary/aromatic N) is 2. The van der Waals surface area contributed by atoms with Crippen LogP contribution in [0.15, 0.2) is 53.4 Å². The predicted octanol–water partition coefficient (Wildman–Crippen LogP) is 2.40. The summed E-state index contributed by atoms with van der Waals surface area (Å²) in [4.78, 5) is 26.2. The second kappa shape index (κ2) is 10.6. The Morgan fingerprint density at radius 1 is 1.03 bits per heavy atom. The van der Waals surface area contributed by atoms with Crippen LogP contribution in [-0.2, 0) is 24.3 Å². The molecule has 1 fully saturated rings. The number of esters is 1. The maximum absolute atomic E-state index is 13.0. The second-order valence-electron chi connectivity index (χ2n) is 7.74. The number of benzene rings is 2. The predicted molar refractivity (Wildman–Crippen MR) is 124 cm³/mol. The molecule has 0 bridgehead atoms. The first-order chi connectivity index (χ1) is 15.7. The normalized spacial score (nSPS) is 14.9. The Morgan fingerprint density at radius 3 is 2.39 bits per heavy atom. The molecule has 0 atom stereocenters. The van der Waals surface area contributed by atoms with Crippen LogP contribution in [0.3, 0.4) is 0 Å². The van der Waals surface area contributed by atoms with Crippen LogP contribution < -0.4 is 4.74 Å².